The average Bonchev–Trinajstić information content (AvgIpc) is 3.59. The number of nitrogens with zero attached hydrogens (tertiary/aromatic N) is 1. The highest BCUT2D eigenvalue weighted by Crippen LogP contribution is 2.44. The number of hydrogen-bond donors (Lipinski definition) is 1. The summed E-state index contributed by atoms with van der Waals surface area (Å²) in [7, 11) is -4.39. The van der Waals surface area contributed by atoms with Crippen molar-refractivity contribution in [2.24, 2.45) is 0 Å². The lowest BCUT2D eigenvalue weighted by Crippen LogP contribution is -2.27. The van der Waals surface area contributed by atoms with Crippen LogP contribution in [0, 0.1) is 0 Å². The highest BCUT2D eigenvalue weighted by molar-refractivity contribution is 8.02. The third-order valence-electron chi connectivity index (χ3n) is 8.17. The SMILES string of the molecule is CCCCCCCCCCCCCOc1ccc2ccc(OCC(COP(=O)(O)Oc3cccc(CN4C=CSC4)c3)OCC)cc2c1. The molecule has 0 saturated heterocycles. The van der Waals surface area contributed by atoms with Crippen LogP contribution < -0.4 is 14.0 Å². The molecule has 0 amide bonds. The lowest BCUT2D eigenvalue weighted by Gasteiger charge is -2.20. The third-order valence-corrected chi connectivity index (χ3v) is 9.89. The minimum absolute atomic E-state index is 0.144. The predicted octanol–water partition coefficient (Wildman–Crippen LogP) is 10.5. The van der Waals surface area contributed by atoms with E-state index in [1.165, 1.54) is 64.2 Å². The number of benzene rings is 3. The summed E-state index contributed by atoms with van der Waals surface area (Å²) >= 11 is 1.72. The molecule has 2 atom stereocenters. The van der Waals surface area contributed by atoms with Gasteiger partial charge in [-0.25, -0.2) is 4.57 Å². The van der Waals surface area contributed by atoms with Gasteiger partial charge in [-0.15, -0.1) is 11.8 Å². The topological polar surface area (TPSA) is 86.7 Å². The molecule has 0 spiro atoms. The summed E-state index contributed by atoms with van der Waals surface area (Å²) in [5.74, 6) is 2.67. The van der Waals surface area contributed by atoms with Gasteiger partial charge in [0.25, 0.3) is 0 Å². The second-order valence-corrected chi connectivity index (χ2v) is 14.5. The van der Waals surface area contributed by atoms with Crippen molar-refractivity contribution in [3.63, 3.8) is 0 Å². The van der Waals surface area contributed by atoms with E-state index in [-0.39, 0.29) is 19.0 Å². The molecule has 8 nitrogen and oxygen atoms in total. The molecule has 48 heavy (non-hydrogen) atoms. The molecule has 0 saturated carbocycles. The van der Waals surface area contributed by atoms with E-state index in [1.807, 2.05) is 54.9 Å². The van der Waals surface area contributed by atoms with Crippen molar-refractivity contribution < 1.29 is 32.7 Å². The van der Waals surface area contributed by atoms with Gasteiger partial charge in [0.15, 0.2) is 0 Å². The number of unbranched alkanes of at least 4 members (excludes halogenated alkanes) is 10. The molecule has 1 N–H and O–H groups in total. The first-order valence-electron chi connectivity index (χ1n) is 17.6. The van der Waals surface area contributed by atoms with Gasteiger partial charge < -0.3 is 23.6 Å². The number of thioether (sulfide) groups is 1. The van der Waals surface area contributed by atoms with Crippen LogP contribution in [0.5, 0.6) is 17.2 Å². The van der Waals surface area contributed by atoms with Crippen LogP contribution in [-0.4, -0.2) is 48.2 Å². The Hall–Kier alpha value is -2.68. The monoisotopic (exact) mass is 699 g/mol. The second kappa shape index (κ2) is 21.4. The number of phosphoric acid groups is 1. The number of phosphoric ester groups is 1. The summed E-state index contributed by atoms with van der Waals surface area (Å²) in [5.41, 5.74) is 0.971. The van der Waals surface area contributed by atoms with Crippen LogP contribution in [-0.2, 0) is 20.4 Å². The highest BCUT2D eigenvalue weighted by atomic mass is 32.2. The Bertz CT molecular complexity index is 1440. The zero-order valence-corrected chi connectivity index (χ0v) is 30.4. The van der Waals surface area contributed by atoms with Gasteiger partial charge in [0.05, 0.1) is 19.1 Å². The van der Waals surface area contributed by atoms with Crippen molar-refractivity contribution in [2.45, 2.75) is 97.1 Å². The van der Waals surface area contributed by atoms with Crippen molar-refractivity contribution >= 4 is 30.4 Å². The van der Waals surface area contributed by atoms with E-state index in [4.69, 9.17) is 23.3 Å². The van der Waals surface area contributed by atoms with Gasteiger partial charge in [-0.3, -0.25) is 9.42 Å². The average molecular weight is 700 g/mol. The van der Waals surface area contributed by atoms with Crippen molar-refractivity contribution in [1.29, 1.82) is 0 Å². The molecular weight excluding hydrogens is 645 g/mol. The van der Waals surface area contributed by atoms with Crippen LogP contribution in [0.2, 0.25) is 0 Å². The molecule has 264 valence electrons. The number of rotatable bonds is 25. The Kier molecular flexibility index (Phi) is 17.0. The van der Waals surface area contributed by atoms with Crippen LogP contribution in [0.25, 0.3) is 10.8 Å². The Balaban J connectivity index is 1.18. The molecule has 2 unspecified atom stereocenters. The molecule has 1 heterocycles. The van der Waals surface area contributed by atoms with Crippen LogP contribution in [0.15, 0.2) is 72.3 Å². The van der Waals surface area contributed by atoms with E-state index in [0.29, 0.717) is 25.5 Å². The molecule has 1 aliphatic rings. The molecule has 0 aromatic heterocycles. The molecule has 1 aliphatic heterocycles. The van der Waals surface area contributed by atoms with E-state index in [0.717, 1.165) is 34.4 Å². The van der Waals surface area contributed by atoms with E-state index in [1.54, 1.807) is 30.0 Å². The summed E-state index contributed by atoms with van der Waals surface area (Å²) in [6.07, 6.45) is 15.9. The molecule has 3 aromatic carbocycles. The molecule has 3 aromatic rings. The largest absolute Gasteiger partial charge is 0.527 e. The lowest BCUT2D eigenvalue weighted by atomic mass is 10.1. The molecular formula is C38H54NO7PS. The summed E-state index contributed by atoms with van der Waals surface area (Å²) in [6, 6.07) is 19.1. The number of hydrogen-bond acceptors (Lipinski definition) is 8. The van der Waals surface area contributed by atoms with Gasteiger partial charge in [-0.2, -0.15) is 0 Å². The highest BCUT2D eigenvalue weighted by Gasteiger charge is 2.26. The van der Waals surface area contributed by atoms with Crippen molar-refractivity contribution in [3.8, 4) is 17.2 Å². The Morgan fingerprint density at radius 1 is 0.792 bits per heavy atom. The number of ether oxygens (including phenoxy) is 3. The normalized spacial score (nSPS) is 14.7. The van der Waals surface area contributed by atoms with Gasteiger partial charge in [0, 0.05) is 19.4 Å². The van der Waals surface area contributed by atoms with Crippen LogP contribution in [0.3, 0.4) is 0 Å². The maximum Gasteiger partial charge on any atom is 0.527 e. The van der Waals surface area contributed by atoms with E-state index < -0.39 is 13.9 Å². The Labute approximate surface area is 291 Å². The fourth-order valence-electron chi connectivity index (χ4n) is 5.59. The quantitative estimate of drug-likeness (QED) is 0.0686. The van der Waals surface area contributed by atoms with Crippen LogP contribution in [0.4, 0.5) is 0 Å². The third kappa shape index (κ3) is 14.4. The van der Waals surface area contributed by atoms with Crippen LogP contribution in [0.1, 0.15) is 90.0 Å². The van der Waals surface area contributed by atoms with E-state index in [9.17, 15) is 9.46 Å². The summed E-state index contributed by atoms with van der Waals surface area (Å²) in [6.45, 7) is 5.90. The lowest BCUT2D eigenvalue weighted by molar-refractivity contribution is -0.00708. The first kappa shape index (κ1) is 38.1. The Morgan fingerprint density at radius 3 is 2.15 bits per heavy atom. The fraction of sp³-hybridized carbons (Fsp3) is 0.526. The van der Waals surface area contributed by atoms with Gasteiger partial charge in [0.1, 0.15) is 30.0 Å². The first-order chi connectivity index (χ1) is 23.4. The summed E-state index contributed by atoms with van der Waals surface area (Å²) in [4.78, 5) is 12.6. The minimum atomic E-state index is -4.39. The molecule has 10 heteroatoms. The molecule has 4 rings (SSSR count). The zero-order chi connectivity index (χ0) is 33.9. The van der Waals surface area contributed by atoms with Gasteiger partial charge in [-0.05, 0) is 71.5 Å². The summed E-state index contributed by atoms with van der Waals surface area (Å²) in [5, 5.41) is 4.15. The predicted molar refractivity (Wildman–Crippen MR) is 197 cm³/mol. The van der Waals surface area contributed by atoms with Gasteiger partial charge in [-0.1, -0.05) is 95.4 Å². The van der Waals surface area contributed by atoms with Crippen LogP contribution >= 0.6 is 19.6 Å². The maximum absolute atomic E-state index is 12.8. The molecule has 0 bridgehead atoms. The van der Waals surface area contributed by atoms with E-state index in [2.05, 4.69) is 17.9 Å². The fourth-order valence-corrected chi connectivity index (χ4v) is 7.09. The smallest absolute Gasteiger partial charge is 0.494 e. The second-order valence-electron chi connectivity index (χ2n) is 12.3. The molecule has 0 aliphatic carbocycles. The van der Waals surface area contributed by atoms with Crippen molar-refractivity contribution in [1.82, 2.24) is 4.90 Å². The van der Waals surface area contributed by atoms with Gasteiger partial charge in [0.2, 0.25) is 0 Å². The van der Waals surface area contributed by atoms with E-state index >= 15 is 0 Å². The standard InChI is InChI=1S/C38H54NO7PS/c1-3-5-6-7-8-9-10-11-12-13-14-23-43-35-20-18-33-19-21-36(27-34(33)26-35)44-29-38(42-4-2)30-45-47(40,41)46-37-17-15-16-32(25-37)28-39-22-24-48-31-39/h15-22,24-27,38H,3-14,23,28-31H2,1-2H3,(H,40,41). The number of fused-ring (bicyclic) bond motifs is 1. The summed E-state index contributed by atoms with van der Waals surface area (Å²) < 4.78 is 41.3. The van der Waals surface area contributed by atoms with Crippen molar-refractivity contribution in [2.75, 3.05) is 32.3 Å². The zero-order valence-electron chi connectivity index (χ0n) is 28.7. The van der Waals surface area contributed by atoms with Gasteiger partial charge >= 0.3 is 7.82 Å². The Morgan fingerprint density at radius 2 is 1.48 bits per heavy atom. The first-order valence-corrected chi connectivity index (χ1v) is 20.2. The molecule has 0 fully saturated rings. The minimum Gasteiger partial charge on any atom is -0.494 e. The van der Waals surface area contributed by atoms with Crippen molar-refractivity contribution in [3.05, 3.63) is 77.8 Å². The molecule has 0 radical (unpaired) electrons. The maximum atomic E-state index is 12.8.